The molecule has 1 aromatic heterocycles. The first-order valence-corrected chi connectivity index (χ1v) is 7.58. The molecule has 0 spiro atoms. The van der Waals surface area contributed by atoms with Crippen LogP contribution in [0.2, 0.25) is 0 Å². The summed E-state index contributed by atoms with van der Waals surface area (Å²) < 4.78 is 2.33. The highest BCUT2D eigenvalue weighted by molar-refractivity contribution is 5.79. The van der Waals surface area contributed by atoms with Crippen LogP contribution in [0.4, 0.5) is 5.69 Å². The lowest BCUT2D eigenvalue weighted by Gasteiger charge is -2.19. The number of imidazole rings is 1. The van der Waals surface area contributed by atoms with Crippen molar-refractivity contribution in [3.05, 3.63) is 24.0 Å². The summed E-state index contributed by atoms with van der Waals surface area (Å²) in [5.74, 6) is 2.14. The monoisotopic (exact) mass is 273 g/mol. The third-order valence-electron chi connectivity index (χ3n) is 4.64. The fourth-order valence-electron chi connectivity index (χ4n) is 3.50. The minimum Gasteiger partial charge on any atom is -0.399 e. The maximum Gasteiger partial charge on any atom is 0.109 e. The zero-order valence-corrected chi connectivity index (χ0v) is 12.0. The molecular weight excluding hydrogens is 250 g/mol. The summed E-state index contributed by atoms with van der Waals surface area (Å²) in [6, 6.07) is 5.96. The number of rotatable bonds is 4. The fourth-order valence-corrected chi connectivity index (χ4v) is 3.50. The molecule has 0 radical (unpaired) electrons. The Morgan fingerprint density at radius 3 is 2.90 bits per heavy atom. The van der Waals surface area contributed by atoms with Crippen LogP contribution in [0.1, 0.15) is 32.0 Å². The predicted octanol–water partition coefficient (Wildman–Crippen LogP) is 2.59. The summed E-state index contributed by atoms with van der Waals surface area (Å²) in [6.45, 7) is 3.42. The van der Waals surface area contributed by atoms with Crippen LogP contribution in [0.3, 0.4) is 0 Å². The molecule has 1 aromatic carbocycles. The normalized spacial score (nSPS) is 22.7. The van der Waals surface area contributed by atoms with Crippen molar-refractivity contribution in [2.24, 2.45) is 11.8 Å². The van der Waals surface area contributed by atoms with Crippen LogP contribution < -0.4 is 5.73 Å². The molecule has 2 aromatic rings. The number of nitrogens with two attached hydrogens (primary N) is 1. The summed E-state index contributed by atoms with van der Waals surface area (Å²) in [4.78, 5) is 4.71. The van der Waals surface area contributed by atoms with Crippen molar-refractivity contribution in [2.45, 2.75) is 39.2 Å². The molecule has 1 saturated carbocycles. The van der Waals surface area contributed by atoms with E-state index in [1.165, 1.54) is 18.4 Å². The van der Waals surface area contributed by atoms with Gasteiger partial charge in [0.15, 0.2) is 0 Å². The summed E-state index contributed by atoms with van der Waals surface area (Å²) in [6.07, 6.45) is 4.52. The van der Waals surface area contributed by atoms with E-state index >= 15 is 0 Å². The molecule has 0 amide bonds. The van der Waals surface area contributed by atoms with Crippen molar-refractivity contribution in [3.8, 4) is 0 Å². The molecule has 1 aliphatic rings. The van der Waals surface area contributed by atoms with Gasteiger partial charge in [-0.15, -0.1) is 0 Å². The second kappa shape index (κ2) is 5.44. The highest BCUT2D eigenvalue weighted by Gasteiger charge is 2.27. The quantitative estimate of drug-likeness (QED) is 0.842. The molecule has 4 heteroatoms. The Labute approximate surface area is 119 Å². The Bertz CT molecular complexity index is 605. The number of fused-ring (bicyclic) bond motifs is 1. The minimum atomic E-state index is 0.311. The lowest BCUT2D eigenvalue weighted by Crippen LogP contribution is -2.19. The van der Waals surface area contributed by atoms with Gasteiger partial charge in [-0.1, -0.05) is 13.3 Å². The first-order valence-electron chi connectivity index (χ1n) is 7.58. The van der Waals surface area contributed by atoms with Gasteiger partial charge in [0, 0.05) is 25.3 Å². The second-order valence-electron chi connectivity index (χ2n) is 5.87. The van der Waals surface area contributed by atoms with Crippen molar-refractivity contribution < 1.29 is 5.11 Å². The highest BCUT2D eigenvalue weighted by atomic mass is 16.3. The summed E-state index contributed by atoms with van der Waals surface area (Å²) in [5, 5.41) is 9.50. The first-order chi connectivity index (χ1) is 9.72. The molecule has 4 nitrogen and oxygen atoms in total. The van der Waals surface area contributed by atoms with Crippen molar-refractivity contribution in [1.82, 2.24) is 9.55 Å². The van der Waals surface area contributed by atoms with Crippen molar-refractivity contribution in [3.63, 3.8) is 0 Å². The van der Waals surface area contributed by atoms with Crippen LogP contribution in [0.5, 0.6) is 0 Å². The lowest BCUT2D eigenvalue weighted by molar-refractivity contribution is 0.185. The number of aliphatic hydroxyl groups excluding tert-OH is 1. The third-order valence-corrected chi connectivity index (χ3v) is 4.64. The van der Waals surface area contributed by atoms with Crippen molar-refractivity contribution in [1.29, 1.82) is 0 Å². The van der Waals surface area contributed by atoms with Gasteiger partial charge in [0.1, 0.15) is 5.82 Å². The van der Waals surface area contributed by atoms with Gasteiger partial charge in [-0.2, -0.15) is 0 Å². The molecule has 108 valence electrons. The number of benzene rings is 1. The van der Waals surface area contributed by atoms with E-state index in [9.17, 15) is 5.11 Å². The molecule has 3 rings (SSSR count). The van der Waals surface area contributed by atoms with Gasteiger partial charge in [-0.05, 0) is 42.9 Å². The third kappa shape index (κ3) is 2.29. The smallest absolute Gasteiger partial charge is 0.109 e. The Hall–Kier alpha value is -1.55. The van der Waals surface area contributed by atoms with E-state index in [0.29, 0.717) is 18.4 Å². The van der Waals surface area contributed by atoms with E-state index in [1.807, 2.05) is 12.1 Å². The Kier molecular flexibility index (Phi) is 3.66. The molecule has 3 N–H and O–H groups in total. The number of anilines is 1. The molecule has 2 atom stereocenters. The highest BCUT2D eigenvalue weighted by Crippen LogP contribution is 2.34. The molecule has 2 unspecified atom stereocenters. The van der Waals surface area contributed by atoms with Crippen LogP contribution in [0.25, 0.3) is 11.0 Å². The Morgan fingerprint density at radius 1 is 1.35 bits per heavy atom. The fraction of sp³-hybridized carbons (Fsp3) is 0.562. The van der Waals surface area contributed by atoms with Gasteiger partial charge in [0.2, 0.25) is 0 Å². The van der Waals surface area contributed by atoms with Gasteiger partial charge < -0.3 is 15.4 Å². The molecule has 0 bridgehead atoms. The largest absolute Gasteiger partial charge is 0.399 e. The lowest BCUT2D eigenvalue weighted by atomic mass is 9.97. The molecule has 0 aliphatic heterocycles. The molecule has 1 aliphatic carbocycles. The first kappa shape index (κ1) is 13.4. The SMILES string of the molecule is CCc1nc2cc(N)ccc2n1CC1CCCC1CO. The van der Waals surface area contributed by atoms with Crippen LogP contribution in [0, 0.1) is 11.8 Å². The molecule has 0 saturated heterocycles. The van der Waals surface area contributed by atoms with Gasteiger partial charge in [-0.25, -0.2) is 4.98 Å². The second-order valence-corrected chi connectivity index (χ2v) is 5.87. The standard InChI is InChI=1S/C16H23N3O/c1-2-16-18-14-8-13(17)6-7-15(14)19(16)9-11-4-3-5-12(11)10-20/h6-8,11-12,20H,2-5,9-10,17H2,1H3. The van der Waals surface area contributed by atoms with E-state index in [1.54, 1.807) is 0 Å². The molecule has 1 heterocycles. The van der Waals surface area contributed by atoms with Gasteiger partial charge in [-0.3, -0.25) is 0 Å². The number of nitrogens with zero attached hydrogens (tertiary/aromatic N) is 2. The van der Waals surface area contributed by atoms with Gasteiger partial charge in [0.25, 0.3) is 0 Å². The van der Waals surface area contributed by atoms with Crippen molar-refractivity contribution in [2.75, 3.05) is 12.3 Å². The maximum atomic E-state index is 9.50. The summed E-state index contributed by atoms with van der Waals surface area (Å²) >= 11 is 0. The number of aliphatic hydroxyl groups is 1. The summed E-state index contributed by atoms with van der Waals surface area (Å²) in [5.41, 5.74) is 8.77. The van der Waals surface area contributed by atoms with Crippen LogP contribution >= 0.6 is 0 Å². The van der Waals surface area contributed by atoms with Gasteiger partial charge in [0.05, 0.1) is 11.0 Å². The van der Waals surface area contributed by atoms with Crippen LogP contribution in [-0.2, 0) is 13.0 Å². The Morgan fingerprint density at radius 2 is 2.15 bits per heavy atom. The number of nitrogen functional groups attached to an aromatic ring is 1. The number of aryl methyl sites for hydroxylation is 1. The Balaban J connectivity index is 1.97. The average Bonchev–Trinajstić information content (AvgIpc) is 3.03. The number of hydrogen-bond acceptors (Lipinski definition) is 3. The molecule has 20 heavy (non-hydrogen) atoms. The molecular formula is C16H23N3O. The minimum absolute atomic E-state index is 0.311. The number of aromatic nitrogens is 2. The zero-order chi connectivity index (χ0) is 14.1. The number of hydrogen-bond donors (Lipinski definition) is 2. The predicted molar refractivity (Wildman–Crippen MR) is 81.4 cm³/mol. The van der Waals surface area contributed by atoms with E-state index in [2.05, 4.69) is 17.6 Å². The maximum absolute atomic E-state index is 9.50. The average molecular weight is 273 g/mol. The van der Waals surface area contributed by atoms with Crippen LogP contribution in [0.15, 0.2) is 18.2 Å². The van der Waals surface area contributed by atoms with E-state index in [-0.39, 0.29) is 0 Å². The molecule has 1 fully saturated rings. The summed E-state index contributed by atoms with van der Waals surface area (Å²) in [7, 11) is 0. The van der Waals surface area contributed by atoms with E-state index in [0.717, 1.165) is 36.4 Å². The van der Waals surface area contributed by atoms with E-state index < -0.39 is 0 Å². The van der Waals surface area contributed by atoms with Crippen molar-refractivity contribution >= 4 is 16.7 Å². The topological polar surface area (TPSA) is 64.1 Å². The zero-order valence-electron chi connectivity index (χ0n) is 12.0. The van der Waals surface area contributed by atoms with Crippen LogP contribution in [-0.4, -0.2) is 21.3 Å². The van der Waals surface area contributed by atoms with E-state index in [4.69, 9.17) is 10.7 Å². The van der Waals surface area contributed by atoms with Gasteiger partial charge >= 0.3 is 0 Å².